The van der Waals surface area contributed by atoms with Crippen LogP contribution >= 0.6 is 11.8 Å². The topological polar surface area (TPSA) is 29.3 Å². The van der Waals surface area contributed by atoms with Crippen molar-refractivity contribution in [2.45, 2.75) is 37.8 Å². The van der Waals surface area contributed by atoms with Crippen LogP contribution in [0.1, 0.15) is 25.7 Å². The molecule has 1 heterocycles. The van der Waals surface area contributed by atoms with Crippen LogP contribution in [0.4, 0.5) is 0 Å². The predicted molar refractivity (Wildman–Crippen MR) is 59.1 cm³/mol. The molecule has 1 saturated heterocycles. The van der Waals surface area contributed by atoms with Crippen LogP contribution in [-0.2, 0) is 0 Å². The molecule has 2 nitrogen and oxygen atoms in total. The molecule has 0 radical (unpaired) electrons. The second-order valence-electron chi connectivity index (χ2n) is 4.13. The van der Waals surface area contributed by atoms with Gasteiger partial charge in [0.2, 0.25) is 0 Å². The van der Waals surface area contributed by atoms with Gasteiger partial charge in [0.25, 0.3) is 0 Å². The van der Waals surface area contributed by atoms with Crippen LogP contribution in [0, 0.1) is 0 Å². The van der Waals surface area contributed by atoms with Crippen molar-refractivity contribution in [3.63, 3.8) is 0 Å². The number of thioether (sulfide) groups is 1. The number of nitrogens with zero attached hydrogens (tertiary/aromatic N) is 1. The molecular weight excluding hydrogens is 180 g/mol. The van der Waals surface area contributed by atoms with E-state index in [4.69, 9.17) is 5.73 Å². The molecule has 0 amide bonds. The fourth-order valence-electron chi connectivity index (χ4n) is 2.31. The molecule has 1 unspecified atom stereocenters. The first-order chi connectivity index (χ1) is 6.42. The molecule has 0 aromatic carbocycles. The summed E-state index contributed by atoms with van der Waals surface area (Å²) in [6.45, 7) is 2.16. The minimum atomic E-state index is 0.786. The van der Waals surface area contributed by atoms with E-state index in [0.717, 1.165) is 18.6 Å². The minimum Gasteiger partial charge on any atom is -0.330 e. The summed E-state index contributed by atoms with van der Waals surface area (Å²) in [6, 6.07) is 1.70. The van der Waals surface area contributed by atoms with Gasteiger partial charge in [-0.1, -0.05) is 6.42 Å². The van der Waals surface area contributed by atoms with E-state index in [9.17, 15) is 0 Å². The number of nitrogens with two attached hydrogens (primary N) is 1. The van der Waals surface area contributed by atoms with Gasteiger partial charge in [-0.3, -0.25) is 4.90 Å². The van der Waals surface area contributed by atoms with Gasteiger partial charge in [-0.05, 0) is 25.8 Å². The first-order valence-electron chi connectivity index (χ1n) is 5.45. The molecular formula is C10H20N2S. The molecule has 0 aromatic rings. The van der Waals surface area contributed by atoms with Crippen LogP contribution in [0.3, 0.4) is 0 Å². The Labute approximate surface area is 85.2 Å². The maximum absolute atomic E-state index is 5.65. The van der Waals surface area contributed by atoms with Crippen LogP contribution in [-0.4, -0.2) is 41.6 Å². The van der Waals surface area contributed by atoms with Crippen molar-refractivity contribution < 1.29 is 0 Å². The minimum absolute atomic E-state index is 0.786. The first kappa shape index (κ1) is 9.81. The summed E-state index contributed by atoms with van der Waals surface area (Å²) < 4.78 is 0. The predicted octanol–water partition coefficient (Wildman–Crippen LogP) is 1.31. The molecule has 2 fully saturated rings. The highest BCUT2D eigenvalue weighted by atomic mass is 32.2. The SMILES string of the molecule is NCCC1CSCCN1C1CCC1. The molecule has 1 aliphatic heterocycles. The Hall–Kier alpha value is 0.270. The summed E-state index contributed by atoms with van der Waals surface area (Å²) in [5.41, 5.74) is 5.65. The molecule has 2 aliphatic rings. The number of rotatable bonds is 3. The average molecular weight is 200 g/mol. The highest BCUT2D eigenvalue weighted by molar-refractivity contribution is 7.99. The zero-order valence-electron chi connectivity index (χ0n) is 8.24. The highest BCUT2D eigenvalue weighted by Crippen LogP contribution is 2.30. The van der Waals surface area contributed by atoms with Gasteiger partial charge in [-0.2, -0.15) is 11.8 Å². The van der Waals surface area contributed by atoms with Gasteiger partial charge in [-0.15, -0.1) is 0 Å². The van der Waals surface area contributed by atoms with Gasteiger partial charge in [0.15, 0.2) is 0 Å². The van der Waals surface area contributed by atoms with E-state index in [2.05, 4.69) is 16.7 Å². The van der Waals surface area contributed by atoms with Gasteiger partial charge in [0.1, 0.15) is 0 Å². The fraction of sp³-hybridized carbons (Fsp3) is 1.00. The van der Waals surface area contributed by atoms with Crippen molar-refractivity contribution in [3.8, 4) is 0 Å². The van der Waals surface area contributed by atoms with E-state index in [1.54, 1.807) is 0 Å². The molecule has 1 aliphatic carbocycles. The molecule has 3 heteroatoms. The number of hydrogen-bond donors (Lipinski definition) is 1. The van der Waals surface area contributed by atoms with Crippen molar-refractivity contribution in [2.24, 2.45) is 5.73 Å². The molecule has 1 atom stereocenters. The highest BCUT2D eigenvalue weighted by Gasteiger charge is 2.31. The summed E-state index contributed by atoms with van der Waals surface area (Å²) in [6.07, 6.45) is 5.52. The second kappa shape index (κ2) is 4.67. The van der Waals surface area contributed by atoms with E-state index in [0.29, 0.717) is 0 Å². The third-order valence-corrected chi connectivity index (χ3v) is 4.41. The van der Waals surface area contributed by atoms with Gasteiger partial charge in [-0.25, -0.2) is 0 Å². The largest absolute Gasteiger partial charge is 0.330 e. The molecule has 1 saturated carbocycles. The maximum Gasteiger partial charge on any atom is 0.0201 e. The van der Waals surface area contributed by atoms with E-state index < -0.39 is 0 Å². The molecule has 13 heavy (non-hydrogen) atoms. The number of hydrogen-bond acceptors (Lipinski definition) is 3. The lowest BCUT2D eigenvalue weighted by Gasteiger charge is -2.45. The van der Waals surface area contributed by atoms with E-state index in [1.165, 1.54) is 43.7 Å². The Morgan fingerprint density at radius 1 is 1.38 bits per heavy atom. The fourth-order valence-corrected chi connectivity index (χ4v) is 3.45. The Morgan fingerprint density at radius 2 is 2.23 bits per heavy atom. The van der Waals surface area contributed by atoms with E-state index >= 15 is 0 Å². The average Bonchev–Trinajstić information content (AvgIpc) is 2.05. The molecule has 0 bridgehead atoms. The molecule has 0 spiro atoms. The van der Waals surface area contributed by atoms with Gasteiger partial charge in [0.05, 0.1) is 0 Å². The third kappa shape index (κ3) is 2.20. The summed E-state index contributed by atoms with van der Waals surface area (Å²) >= 11 is 2.10. The zero-order valence-corrected chi connectivity index (χ0v) is 9.06. The maximum atomic E-state index is 5.65. The standard InChI is InChI=1S/C10H20N2S/c11-5-4-10-8-13-7-6-12(10)9-2-1-3-9/h9-10H,1-8,11H2. The summed E-state index contributed by atoms with van der Waals surface area (Å²) in [5, 5.41) is 0. The second-order valence-corrected chi connectivity index (χ2v) is 5.28. The Balaban J connectivity index is 1.87. The van der Waals surface area contributed by atoms with Crippen molar-refractivity contribution >= 4 is 11.8 Å². The van der Waals surface area contributed by atoms with Crippen molar-refractivity contribution in [3.05, 3.63) is 0 Å². The van der Waals surface area contributed by atoms with Crippen LogP contribution in [0.15, 0.2) is 0 Å². The monoisotopic (exact) mass is 200 g/mol. The van der Waals surface area contributed by atoms with E-state index in [1.807, 2.05) is 0 Å². The van der Waals surface area contributed by atoms with Crippen molar-refractivity contribution in [1.82, 2.24) is 4.90 Å². The van der Waals surface area contributed by atoms with Crippen LogP contribution in [0.5, 0.6) is 0 Å². The van der Waals surface area contributed by atoms with Crippen LogP contribution in [0.2, 0.25) is 0 Å². The Kier molecular flexibility index (Phi) is 3.52. The Morgan fingerprint density at radius 3 is 2.85 bits per heavy atom. The summed E-state index contributed by atoms with van der Waals surface area (Å²) in [5.74, 6) is 2.64. The van der Waals surface area contributed by atoms with Crippen molar-refractivity contribution in [2.75, 3.05) is 24.6 Å². The Bertz CT molecular complexity index is 157. The van der Waals surface area contributed by atoms with Crippen molar-refractivity contribution in [1.29, 1.82) is 0 Å². The van der Waals surface area contributed by atoms with Gasteiger partial charge in [0, 0.05) is 30.1 Å². The van der Waals surface area contributed by atoms with Gasteiger partial charge < -0.3 is 5.73 Å². The lowest BCUT2D eigenvalue weighted by Crippen LogP contribution is -2.51. The quantitative estimate of drug-likeness (QED) is 0.745. The first-order valence-corrected chi connectivity index (χ1v) is 6.61. The molecule has 2 N–H and O–H groups in total. The van der Waals surface area contributed by atoms with E-state index in [-0.39, 0.29) is 0 Å². The normalized spacial score (nSPS) is 31.6. The smallest absolute Gasteiger partial charge is 0.0201 e. The molecule has 76 valence electrons. The lowest BCUT2D eigenvalue weighted by molar-refractivity contribution is 0.0896. The third-order valence-electron chi connectivity index (χ3n) is 3.32. The van der Waals surface area contributed by atoms with Crippen LogP contribution in [0.25, 0.3) is 0 Å². The molecule has 2 rings (SSSR count). The van der Waals surface area contributed by atoms with Crippen LogP contribution < -0.4 is 5.73 Å². The summed E-state index contributed by atoms with van der Waals surface area (Å²) in [4.78, 5) is 2.73. The lowest BCUT2D eigenvalue weighted by atomic mass is 9.90. The summed E-state index contributed by atoms with van der Waals surface area (Å²) in [7, 11) is 0. The van der Waals surface area contributed by atoms with Gasteiger partial charge >= 0.3 is 0 Å². The molecule has 0 aromatic heterocycles. The zero-order chi connectivity index (χ0) is 9.10.